The number of carbonyl (C=O) groups is 3. The van der Waals surface area contributed by atoms with Crippen LogP contribution in [0.1, 0.15) is 18.9 Å². The highest BCUT2D eigenvalue weighted by molar-refractivity contribution is 5.89. The van der Waals surface area contributed by atoms with E-state index in [1.165, 1.54) is 6.92 Å². The highest BCUT2D eigenvalue weighted by Crippen LogP contribution is 2.18. The fourth-order valence-corrected chi connectivity index (χ4v) is 2.53. The molecule has 1 heterocycles. The second-order valence-corrected chi connectivity index (χ2v) is 5.64. The minimum absolute atomic E-state index is 0.0533. The number of aliphatic hydroxyl groups excluding tert-OH is 1. The summed E-state index contributed by atoms with van der Waals surface area (Å²) in [6.45, 7) is 1.36. The van der Waals surface area contributed by atoms with Crippen molar-refractivity contribution in [1.29, 1.82) is 0 Å². The lowest BCUT2D eigenvalue weighted by Crippen LogP contribution is -2.53. The van der Waals surface area contributed by atoms with Crippen molar-refractivity contribution in [3.63, 3.8) is 0 Å². The van der Waals surface area contributed by atoms with Crippen LogP contribution in [0.15, 0.2) is 30.3 Å². The van der Waals surface area contributed by atoms with E-state index in [4.69, 9.17) is 4.74 Å². The van der Waals surface area contributed by atoms with Crippen molar-refractivity contribution in [2.45, 2.75) is 38.1 Å². The summed E-state index contributed by atoms with van der Waals surface area (Å²) in [6, 6.07) is 6.85. The molecule has 1 aromatic rings. The predicted octanol–water partition coefficient (Wildman–Crippen LogP) is -0.987. The van der Waals surface area contributed by atoms with E-state index in [2.05, 4.69) is 5.32 Å². The molecule has 130 valence electrons. The number of ether oxygens (including phenoxy) is 1. The fraction of sp³-hybridized carbons (Fsp3) is 0.438. The van der Waals surface area contributed by atoms with Gasteiger partial charge in [-0.15, -0.1) is 0 Å². The number of nitrogens with one attached hydrogen (secondary N) is 1. The summed E-state index contributed by atoms with van der Waals surface area (Å²) < 4.78 is 5.01. The standard InChI is InChI=1S/C16H20N2O6/c1-10(14(20)18-8-12(19)7-13(18)15(21)22)17-16(23)24-9-11-5-3-2-4-6-11/h2-6,10,12-13,19H,7-9H2,1H3,(H,17,23)(H,21,22)/p-1. The molecule has 2 N–H and O–H groups in total. The van der Waals surface area contributed by atoms with Gasteiger partial charge in [0.15, 0.2) is 0 Å². The van der Waals surface area contributed by atoms with Crippen LogP contribution < -0.4 is 10.4 Å². The molecular weight excluding hydrogens is 316 g/mol. The molecule has 0 aliphatic carbocycles. The number of hydrogen-bond donors (Lipinski definition) is 2. The van der Waals surface area contributed by atoms with Crippen LogP contribution in [-0.4, -0.2) is 52.7 Å². The number of amides is 2. The van der Waals surface area contributed by atoms with E-state index in [0.717, 1.165) is 10.5 Å². The Morgan fingerprint density at radius 2 is 2.04 bits per heavy atom. The first-order valence-electron chi connectivity index (χ1n) is 7.55. The summed E-state index contributed by atoms with van der Waals surface area (Å²) in [5.74, 6) is -2.05. The Labute approximate surface area is 139 Å². The number of aliphatic carboxylic acids is 1. The maximum Gasteiger partial charge on any atom is 0.408 e. The molecule has 2 amide bonds. The smallest absolute Gasteiger partial charge is 0.408 e. The lowest BCUT2D eigenvalue weighted by molar-refractivity contribution is -0.310. The number of aliphatic hydroxyl groups is 1. The van der Waals surface area contributed by atoms with E-state index in [-0.39, 0.29) is 19.6 Å². The van der Waals surface area contributed by atoms with E-state index in [0.29, 0.717) is 0 Å². The van der Waals surface area contributed by atoms with Crippen LogP contribution in [0.5, 0.6) is 0 Å². The largest absolute Gasteiger partial charge is 0.548 e. The first-order chi connectivity index (χ1) is 11.4. The van der Waals surface area contributed by atoms with Crippen LogP contribution in [0.4, 0.5) is 4.79 Å². The molecule has 0 aromatic heterocycles. The molecule has 0 saturated carbocycles. The van der Waals surface area contributed by atoms with Gasteiger partial charge >= 0.3 is 6.09 Å². The Balaban J connectivity index is 1.86. The number of nitrogens with zero attached hydrogens (tertiary/aromatic N) is 1. The molecule has 1 aliphatic rings. The monoisotopic (exact) mass is 335 g/mol. The van der Waals surface area contributed by atoms with Gasteiger partial charge in [-0.1, -0.05) is 30.3 Å². The number of benzene rings is 1. The maximum absolute atomic E-state index is 12.3. The molecule has 0 radical (unpaired) electrons. The average Bonchev–Trinajstić information content (AvgIpc) is 2.95. The third-order valence-corrected chi connectivity index (χ3v) is 3.75. The molecule has 8 nitrogen and oxygen atoms in total. The van der Waals surface area contributed by atoms with E-state index in [9.17, 15) is 24.6 Å². The van der Waals surface area contributed by atoms with Crippen molar-refractivity contribution in [1.82, 2.24) is 10.2 Å². The van der Waals surface area contributed by atoms with Crippen LogP contribution in [0, 0.1) is 0 Å². The van der Waals surface area contributed by atoms with Crippen LogP contribution in [0.25, 0.3) is 0 Å². The molecule has 8 heteroatoms. The van der Waals surface area contributed by atoms with Crippen molar-refractivity contribution in [2.24, 2.45) is 0 Å². The summed E-state index contributed by atoms with van der Waals surface area (Å²) in [7, 11) is 0. The summed E-state index contributed by atoms with van der Waals surface area (Å²) in [5, 5.41) is 22.9. The molecule has 1 aromatic carbocycles. The molecule has 3 unspecified atom stereocenters. The Bertz CT molecular complexity index is 606. The Kier molecular flexibility index (Phi) is 5.75. The minimum Gasteiger partial charge on any atom is -0.548 e. The number of carboxylic acid groups (broad SMARTS) is 1. The van der Waals surface area contributed by atoms with E-state index >= 15 is 0 Å². The van der Waals surface area contributed by atoms with Gasteiger partial charge in [-0.25, -0.2) is 4.79 Å². The average molecular weight is 335 g/mol. The SMILES string of the molecule is CC(NC(=O)OCc1ccccc1)C(=O)N1CC(O)CC1C(=O)[O-]. The van der Waals surface area contributed by atoms with Crippen molar-refractivity contribution in [2.75, 3.05) is 6.54 Å². The quantitative estimate of drug-likeness (QED) is 0.713. The van der Waals surface area contributed by atoms with Gasteiger partial charge in [0.2, 0.25) is 5.91 Å². The van der Waals surface area contributed by atoms with Crippen molar-refractivity contribution < 1.29 is 29.3 Å². The van der Waals surface area contributed by atoms with Crippen molar-refractivity contribution >= 4 is 18.0 Å². The van der Waals surface area contributed by atoms with Gasteiger partial charge in [0, 0.05) is 13.0 Å². The van der Waals surface area contributed by atoms with Gasteiger partial charge < -0.3 is 30.0 Å². The Morgan fingerprint density at radius 3 is 2.67 bits per heavy atom. The molecule has 1 aliphatic heterocycles. The Morgan fingerprint density at radius 1 is 1.38 bits per heavy atom. The van der Waals surface area contributed by atoms with Gasteiger partial charge in [0.1, 0.15) is 12.6 Å². The molecule has 1 saturated heterocycles. The first-order valence-corrected chi connectivity index (χ1v) is 7.55. The zero-order valence-corrected chi connectivity index (χ0v) is 13.2. The summed E-state index contributed by atoms with van der Waals surface area (Å²) in [4.78, 5) is 36.1. The number of carbonyl (C=O) groups excluding carboxylic acids is 3. The molecular formula is C16H19N2O6-. The molecule has 1 fully saturated rings. The highest BCUT2D eigenvalue weighted by Gasteiger charge is 2.37. The van der Waals surface area contributed by atoms with Gasteiger partial charge in [0.25, 0.3) is 0 Å². The topological polar surface area (TPSA) is 119 Å². The molecule has 24 heavy (non-hydrogen) atoms. The lowest BCUT2D eigenvalue weighted by Gasteiger charge is -2.27. The second-order valence-electron chi connectivity index (χ2n) is 5.64. The maximum atomic E-state index is 12.3. The van der Waals surface area contributed by atoms with Crippen LogP contribution >= 0.6 is 0 Å². The second kappa shape index (κ2) is 7.78. The normalized spacial score (nSPS) is 21.2. The minimum atomic E-state index is -1.43. The number of rotatable bonds is 5. The van der Waals surface area contributed by atoms with E-state index in [1.807, 2.05) is 18.2 Å². The van der Waals surface area contributed by atoms with Crippen LogP contribution in [0.2, 0.25) is 0 Å². The number of β-amino-alcohol motifs (C(OH)–C–C–N with tert-alkyl or cyclic N) is 1. The Hall–Kier alpha value is -2.61. The van der Waals surface area contributed by atoms with Crippen LogP contribution in [-0.2, 0) is 20.9 Å². The van der Waals surface area contributed by atoms with E-state index in [1.54, 1.807) is 12.1 Å². The summed E-state index contributed by atoms with van der Waals surface area (Å²) in [5.41, 5.74) is 0.798. The fourth-order valence-electron chi connectivity index (χ4n) is 2.53. The van der Waals surface area contributed by atoms with Gasteiger partial charge in [0.05, 0.1) is 18.1 Å². The summed E-state index contributed by atoms with van der Waals surface area (Å²) in [6.07, 6.45) is -1.79. The number of alkyl carbamates (subject to hydrolysis) is 1. The number of hydrogen-bond acceptors (Lipinski definition) is 6. The number of carboxylic acids is 1. The summed E-state index contributed by atoms with van der Waals surface area (Å²) >= 11 is 0. The third kappa shape index (κ3) is 4.45. The zero-order valence-electron chi connectivity index (χ0n) is 13.2. The lowest BCUT2D eigenvalue weighted by atomic mass is 10.2. The highest BCUT2D eigenvalue weighted by atomic mass is 16.5. The molecule has 0 bridgehead atoms. The van der Waals surface area contributed by atoms with Gasteiger partial charge in [-0.2, -0.15) is 0 Å². The van der Waals surface area contributed by atoms with Gasteiger partial charge in [-0.05, 0) is 12.5 Å². The number of likely N-dealkylation sites (tertiary alicyclic amines) is 1. The van der Waals surface area contributed by atoms with Crippen molar-refractivity contribution in [3.8, 4) is 0 Å². The van der Waals surface area contributed by atoms with Crippen molar-refractivity contribution in [3.05, 3.63) is 35.9 Å². The van der Waals surface area contributed by atoms with Gasteiger partial charge in [-0.3, -0.25) is 4.79 Å². The van der Waals surface area contributed by atoms with E-state index < -0.39 is 36.2 Å². The predicted molar refractivity (Wildman–Crippen MR) is 80.4 cm³/mol. The molecule has 0 spiro atoms. The third-order valence-electron chi connectivity index (χ3n) is 3.75. The molecule has 2 rings (SSSR count). The van der Waals surface area contributed by atoms with Crippen LogP contribution in [0.3, 0.4) is 0 Å². The molecule has 3 atom stereocenters. The zero-order chi connectivity index (χ0) is 17.7. The first kappa shape index (κ1) is 17.7.